The highest BCUT2D eigenvalue weighted by molar-refractivity contribution is 7.89. The van der Waals surface area contributed by atoms with Crippen LogP contribution in [0.4, 0.5) is 4.39 Å². The maximum Gasteiger partial charge on any atom is 0.335 e. The van der Waals surface area contributed by atoms with Crippen molar-refractivity contribution in [2.24, 2.45) is 0 Å². The monoisotopic (exact) mass is 399 g/mol. The Kier molecular flexibility index (Phi) is 5.87. The molecule has 28 heavy (non-hydrogen) atoms. The smallest absolute Gasteiger partial charge is 0.335 e. The summed E-state index contributed by atoms with van der Waals surface area (Å²) in [6.45, 7) is 0.176. The third-order valence-corrected chi connectivity index (χ3v) is 6.02. The molecular weight excluding hydrogens is 381 g/mol. The van der Waals surface area contributed by atoms with Gasteiger partial charge in [-0.15, -0.1) is 0 Å². The summed E-state index contributed by atoms with van der Waals surface area (Å²) in [6, 6.07) is 19.8. The number of aromatic carboxylic acids is 1. The lowest BCUT2D eigenvalue weighted by atomic mass is 10.1. The Morgan fingerprint density at radius 3 is 1.89 bits per heavy atom. The quantitative estimate of drug-likeness (QED) is 0.654. The zero-order chi connectivity index (χ0) is 20.1. The summed E-state index contributed by atoms with van der Waals surface area (Å²) in [5.41, 5.74) is 1.57. The molecule has 144 valence electrons. The molecule has 7 heteroatoms. The summed E-state index contributed by atoms with van der Waals surface area (Å²) in [7, 11) is -3.89. The molecule has 3 rings (SSSR count). The van der Waals surface area contributed by atoms with E-state index in [1.807, 2.05) is 30.3 Å². The minimum atomic E-state index is -3.89. The molecule has 0 fully saturated rings. The van der Waals surface area contributed by atoms with Gasteiger partial charge in [-0.05, 0) is 47.5 Å². The van der Waals surface area contributed by atoms with Gasteiger partial charge in [0.2, 0.25) is 10.0 Å². The van der Waals surface area contributed by atoms with Crippen LogP contribution in [-0.2, 0) is 23.1 Å². The lowest BCUT2D eigenvalue weighted by Gasteiger charge is -2.22. The SMILES string of the molecule is O=C(O)c1ccc(CN(Cc2ccccc2)S(=O)(=O)c2ccc(F)cc2)cc1. The Morgan fingerprint density at radius 1 is 0.821 bits per heavy atom. The first-order chi connectivity index (χ1) is 13.4. The first kappa shape index (κ1) is 19.7. The van der Waals surface area contributed by atoms with Crippen molar-refractivity contribution in [2.75, 3.05) is 0 Å². The maximum absolute atomic E-state index is 13.2. The molecule has 0 aliphatic rings. The Bertz CT molecular complexity index is 1050. The molecule has 0 aliphatic heterocycles. The molecule has 5 nitrogen and oxygen atoms in total. The van der Waals surface area contributed by atoms with Crippen LogP contribution in [0, 0.1) is 5.82 Å². The van der Waals surface area contributed by atoms with Crippen LogP contribution in [0.1, 0.15) is 21.5 Å². The summed E-state index contributed by atoms with van der Waals surface area (Å²) in [5.74, 6) is -1.57. The summed E-state index contributed by atoms with van der Waals surface area (Å²) in [4.78, 5) is 11.0. The van der Waals surface area contributed by atoms with Gasteiger partial charge < -0.3 is 5.11 Å². The zero-order valence-corrected chi connectivity index (χ0v) is 15.6. The fourth-order valence-electron chi connectivity index (χ4n) is 2.72. The van der Waals surface area contributed by atoms with E-state index in [1.165, 1.54) is 28.6 Å². The summed E-state index contributed by atoms with van der Waals surface area (Å²) < 4.78 is 40.8. The molecule has 0 atom stereocenters. The van der Waals surface area contributed by atoms with Crippen LogP contribution in [0.15, 0.2) is 83.8 Å². The van der Waals surface area contributed by atoms with Crippen LogP contribution >= 0.6 is 0 Å². The standard InChI is InChI=1S/C21H18FNO4S/c22-19-10-12-20(13-11-19)28(26,27)23(14-16-4-2-1-3-5-16)15-17-6-8-18(9-7-17)21(24)25/h1-13H,14-15H2,(H,24,25). The van der Waals surface area contributed by atoms with E-state index < -0.39 is 21.8 Å². The molecule has 0 saturated heterocycles. The van der Waals surface area contributed by atoms with Gasteiger partial charge in [-0.25, -0.2) is 17.6 Å². The number of halogens is 1. The molecule has 0 unspecified atom stereocenters. The minimum Gasteiger partial charge on any atom is -0.478 e. The van der Waals surface area contributed by atoms with Crippen LogP contribution in [0.25, 0.3) is 0 Å². The van der Waals surface area contributed by atoms with Gasteiger partial charge in [0, 0.05) is 13.1 Å². The number of hydrogen-bond acceptors (Lipinski definition) is 3. The summed E-state index contributed by atoms with van der Waals surface area (Å²) >= 11 is 0. The van der Waals surface area contributed by atoms with E-state index in [1.54, 1.807) is 12.1 Å². The number of sulfonamides is 1. The van der Waals surface area contributed by atoms with E-state index in [4.69, 9.17) is 5.11 Å². The molecule has 0 radical (unpaired) electrons. The first-order valence-corrected chi connectivity index (χ1v) is 9.92. The van der Waals surface area contributed by atoms with Crippen molar-refractivity contribution < 1.29 is 22.7 Å². The highest BCUT2D eigenvalue weighted by atomic mass is 32.2. The van der Waals surface area contributed by atoms with Gasteiger partial charge in [0.15, 0.2) is 0 Å². The molecule has 0 spiro atoms. The van der Waals surface area contributed by atoms with E-state index >= 15 is 0 Å². The number of carbonyl (C=O) groups is 1. The second-order valence-electron chi connectivity index (χ2n) is 6.21. The van der Waals surface area contributed by atoms with Crippen LogP contribution in [-0.4, -0.2) is 23.8 Å². The Balaban J connectivity index is 1.94. The van der Waals surface area contributed by atoms with E-state index in [0.29, 0.717) is 5.56 Å². The lowest BCUT2D eigenvalue weighted by molar-refractivity contribution is 0.0697. The largest absolute Gasteiger partial charge is 0.478 e. The molecule has 0 heterocycles. The van der Waals surface area contributed by atoms with Gasteiger partial charge in [-0.1, -0.05) is 42.5 Å². The third-order valence-electron chi connectivity index (χ3n) is 4.21. The van der Waals surface area contributed by atoms with Crippen LogP contribution in [0.3, 0.4) is 0 Å². The number of hydrogen-bond donors (Lipinski definition) is 1. The topological polar surface area (TPSA) is 74.7 Å². The minimum absolute atomic E-state index is 0.00742. The van der Waals surface area contributed by atoms with Crippen molar-refractivity contribution in [1.82, 2.24) is 4.31 Å². The number of nitrogens with zero attached hydrogens (tertiary/aromatic N) is 1. The van der Waals surface area contributed by atoms with Crippen LogP contribution in [0.2, 0.25) is 0 Å². The van der Waals surface area contributed by atoms with Gasteiger partial charge in [-0.3, -0.25) is 0 Å². The highest BCUT2D eigenvalue weighted by Gasteiger charge is 2.25. The van der Waals surface area contributed by atoms with Gasteiger partial charge >= 0.3 is 5.97 Å². The molecule has 3 aromatic rings. The molecule has 0 saturated carbocycles. The second-order valence-corrected chi connectivity index (χ2v) is 8.15. The average molecular weight is 399 g/mol. The molecule has 0 aromatic heterocycles. The number of benzene rings is 3. The van der Waals surface area contributed by atoms with Crippen molar-refractivity contribution in [2.45, 2.75) is 18.0 Å². The average Bonchev–Trinajstić information content (AvgIpc) is 2.69. The fraction of sp³-hybridized carbons (Fsp3) is 0.0952. The molecule has 0 bridgehead atoms. The van der Waals surface area contributed by atoms with Crippen molar-refractivity contribution in [3.05, 3.63) is 101 Å². The maximum atomic E-state index is 13.2. The number of carboxylic acid groups (broad SMARTS) is 1. The van der Waals surface area contributed by atoms with Crippen molar-refractivity contribution >= 4 is 16.0 Å². The van der Waals surface area contributed by atoms with Crippen molar-refractivity contribution in [3.63, 3.8) is 0 Å². The summed E-state index contributed by atoms with van der Waals surface area (Å²) in [6.07, 6.45) is 0. The predicted molar refractivity (Wildman–Crippen MR) is 103 cm³/mol. The van der Waals surface area contributed by atoms with Gasteiger partial charge in [0.05, 0.1) is 10.5 Å². The first-order valence-electron chi connectivity index (χ1n) is 8.48. The third kappa shape index (κ3) is 4.62. The van der Waals surface area contributed by atoms with Crippen LogP contribution in [0.5, 0.6) is 0 Å². The molecule has 0 amide bonds. The van der Waals surface area contributed by atoms with E-state index in [2.05, 4.69) is 0 Å². The van der Waals surface area contributed by atoms with Crippen LogP contribution < -0.4 is 0 Å². The van der Waals surface area contributed by atoms with Gasteiger partial charge in [-0.2, -0.15) is 4.31 Å². The fourth-order valence-corrected chi connectivity index (χ4v) is 4.14. The Hall–Kier alpha value is -3.03. The zero-order valence-electron chi connectivity index (χ0n) is 14.8. The van der Waals surface area contributed by atoms with Gasteiger partial charge in [0.1, 0.15) is 5.82 Å². The van der Waals surface area contributed by atoms with E-state index in [-0.39, 0.29) is 23.5 Å². The molecule has 0 aliphatic carbocycles. The Morgan fingerprint density at radius 2 is 1.36 bits per heavy atom. The number of rotatable bonds is 7. The molecule has 1 N–H and O–H groups in total. The number of carboxylic acids is 1. The second kappa shape index (κ2) is 8.33. The van der Waals surface area contributed by atoms with E-state index in [0.717, 1.165) is 17.7 Å². The van der Waals surface area contributed by atoms with Crippen molar-refractivity contribution in [3.8, 4) is 0 Å². The van der Waals surface area contributed by atoms with Gasteiger partial charge in [0.25, 0.3) is 0 Å². The highest BCUT2D eigenvalue weighted by Crippen LogP contribution is 2.22. The van der Waals surface area contributed by atoms with Crippen molar-refractivity contribution in [1.29, 1.82) is 0 Å². The lowest BCUT2D eigenvalue weighted by Crippen LogP contribution is -2.30. The molecular formula is C21H18FNO4S. The molecule has 3 aromatic carbocycles. The normalized spacial score (nSPS) is 11.5. The summed E-state index contributed by atoms with van der Waals surface area (Å²) in [5, 5.41) is 9.02. The Labute approximate surface area is 162 Å². The van der Waals surface area contributed by atoms with E-state index in [9.17, 15) is 17.6 Å². The predicted octanol–water partition coefficient (Wildman–Crippen LogP) is 3.92.